The summed E-state index contributed by atoms with van der Waals surface area (Å²) in [6, 6.07) is 6.19. The highest BCUT2D eigenvalue weighted by atomic mass is 19.1. The molecule has 0 aliphatic rings. The second kappa shape index (κ2) is 6.50. The van der Waals surface area contributed by atoms with Gasteiger partial charge in [0.25, 0.3) is 0 Å². The van der Waals surface area contributed by atoms with Crippen LogP contribution >= 0.6 is 0 Å². The van der Waals surface area contributed by atoms with Crippen LogP contribution in [-0.2, 0) is 4.74 Å². The Morgan fingerprint density at radius 3 is 2.93 bits per heavy atom. The Balaban J connectivity index is 2.57. The lowest BCUT2D eigenvalue weighted by Crippen LogP contribution is -2.31. The third kappa shape index (κ3) is 3.95. The summed E-state index contributed by atoms with van der Waals surface area (Å²) in [7, 11) is 0. The van der Waals surface area contributed by atoms with E-state index in [0.717, 1.165) is 12.0 Å². The molecule has 3 N–H and O–H groups in total. The predicted octanol–water partition coefficient (Wildman–Crippen LogP) is 1.76. The first-order valence-electron chi connectivity index (χ1n) is 5.07. The number of nitrogens with one attached hydrogen (secondary N) is 1. The highest BCUT2D eigenvalue weighted by molar-refractivity contribution is 5.20. The molecule has 0 aromatic heterocycles. The van der Waals surface area contributed by atoms with Gasteiger partial charge in [0.05, 0.1) is 12.6 Å². The minimum Gasteiger partial charge on any atom is -0.379 e. The average Bonchev–Trinajstić information content (AvgIpc) is 2.24. The number of hydrogen-bond donors (Lipinski definition) is 2. The Morgan fingerprint density at radius 2 is 2.33 bits per heavy atom. The van der Waals surface area contributed by atoms with Gasteiger partial charge in [0.15, 0.2) is 0 Å². The zero-order valence-corrected chi connectivity index (χ0v) is 8.87. The highest BCUT2D eigenvalue weighted by Gasteiger charge is 2.09. The lowest BCUT2D eigenvalue weighted by Gasteiger charge is -2.16. The van der Waals surface area contributed by atoms with Crippen LogP contribution in [0.5, 0.6) is 0 Å². The Morgan fingerprint density at radius 1 is 1.53 bits per heavy atom. The lowest BCUT2D eigenvalue weighted by molar-refractivity contribution is 0.112. The molecule has 1 aromatic carbocycles. The van der Waals surface area contributed by atoms with Crippen LogP contribution in [0.2, 0.25) is 0 Å². The van der Waals surface area contributed by atoms with E-state index < -0.39 is 0 Å². The molecule has 0 bridgehead atoms. The van der Waals surface area contributed by atoms with Crippen molar-refractivity contribution in [2.75, 3.05) is 13.2 Å². The van der Waals surface area contributed by atoms with Crippen molar-refractivity contribution >= 4 is 0 Å². The van der Waals surface area contributed by atoms with Gasteiger partial charge in [0, 0.05) is 6.61 Å². The maximum absolute atomic E-state index is 12.9. The maximum atomic E-state index is 12.9. The van der Waals surface area contributed by atoms with Crippen LogP contribution in [-0.4, -0.2) is 13.2 Å². The van der Waals surface area contributed by atoms with Gasteiger partial charge >= 0.3 is 0 Å². The second-order valence-corrected chi connectivity index (χ2v) is 3.35. The molecule has 4 heteroatoms. The molecule has 0 aliphatic heterocycles. The summed E-state index contributed by atoms with van der Waals surface area (Å²) in [4.78, 5) is 0. The average molecular weight is 212 g/mol. The Kier molecular flexibility index (Phi) is 5.25. The molecule has 0 saturated heterocycles. The molecule has 84 valence electrons. The zero-order valence-electron chi connectivity index (χ0n) is 8.87. The number of hydrazine groups is 1. The molecule has 0 amide bonds. The van der Waals surface area contributed by atoms with Crippen LogP contribution in [0.4, 0.5) is 4.39 Å². The Bertz CT molecular complexity index is 294. The molecule has 15 heavy (non-hydrogen) atoms. The van der Waals surface area contributed by atoms with Crippen molar-refractivity contribution in [2.45, 2.75) is 19.4 Å². The Labute approximate surface area is 89.4 Å². The van der Waals surface area contributed by atoms with E-state index in [1.54, 1.807) is 6.07 Å². The summed E-state index contributed by atoms with van der Waals surface area (Å²) in [5.41, 5.74) is 3.41. The van der Waals surface area contributed by atoms with Gasteiger partial charge in [-0.25, -0.2) is 4.39 Å². The highest BCUT2D eigenvalue weighted by Crippen LogP contribution is 2.13. The molecular formula is C11H17FN2O. The number of rotatable bonds is 6. The van der Waals surface area contributed by atoms with E-state index in [1.807, 2.05) is 13.0 Å². The number of hydrogen-bond acceptors (Lipinski definition) is 3. The van der Waals surface area contributed by atoms with Gasteiger partial charge in [-0.2, -0.15) is 0 Å². The first kappa shape index (κ1) is 12.1. The van der Waals surface area contributed by atoms with Crippen LogP contribution < -0.4 is 11.3 Å². The van der Waals surface area contributed by atoms with Crippen molar-refractivity contribution < 1.29 is 9.13 Å². The van der Waals surface area contributed by atoms with Crippen molar-refractivity contribution in [3.05, 3.63) is 35.6 Å². The molecule has 3 nitrogen and oxygen atoms in total. The summed E-state index contributed by atoms with van der Waals surface area (Å²) >= 11 is 0. The van der Waals surface area contributed by atoms with Crippen molar-refractivity contribution in [1.82, 2.24) is 5.43 Å². The van der Waals surface area contributed by atoms with Crippen LogP contribution in [0.3, 0.4) is 0 Å². The predicted molar refractivity (Wildman–Crippen MR) is 57.6 cm³/mol. The normalized spacial score (nSPS) is 12.7. The topological polar surface area (TPSA) is 47.3 Å². The monoisotopic (exact) mass is 212 g/mol. The molecular weight excluding hydrogens is 195 g/mol. The van der Waals surface area contributed by atoms with Gasteiger partial charge in [-0.05, 0) is 24.1 Å². The van der Waals surface area contributed by atoms with Crippen molar-refractivity contribution in [3.63, 3.8) is 0 Å². The fraction of sp³-hybridized carbons (Fsp3) is 0.455. The molecule has 1 unspecified atom stereocenters. The van der Waals surface area contributed by atoms with Gasteiger partial charge in [-0.15, -0.1) is 0 Å². The third-order valence-corrected chi connectivity index (χ3v) is 2.09. The minimum atomic E-state index is -0.261. The zero-order chi connectivity index (χ0) is 11.1. The number of benzene rings is 1. The van der Waals surface area contributed by atoms with E-state index in [9.17, 15) is 4.39 Å². The molecule has 0 aliphatic carbocycles. The van der Waals surface area contributed by atoms with E-state index in [1.165, 1.54) is 12.1 Å². The molecule has 0 fully saturated rings. The molecule has 1 rings (SSSR count). The quantitative estimate of drug-likeness (QED) is 0.429. The van der Waals surface area contributed by atoms with Gasteiger partial charge < -0.3 is 4.74 Å². The van der Waals surface area contributed by atoms with Crippen LogP contribution in [0.25, 0.3) is 0 Å². The number of nitrogens with two attached hydrogens (primary N) is 1. The standard InChI is InChI=1S/C11H17FN2O/c1-2-6-15-8-11(14-13)9-4-3-5-10(12)7-9/h3-5,7,11,14H,2,6,8,13H2,1H3. The molecule has 0 spiro atoms. The van der Waals surface area contributed by atoms with E-state index in [2.05, 4.69) is 5.43 Å². The summed E-state index contributed by atoms with van der Waals surface area (Å²) < 4.78 is 18.3. The lowest BCUT2D eigenvalue weighted by atomic mass is 10.1. The minimum absolute atomic E-state index is 0.160. The van der Waals surface area contributed by atoms with Gasteiger partial charge in [0.2, 0.25) is 0 Å². The SMILES string of the molecule is CCCOCC(NN)c1cccc(F)c1. The van der Waals surface area contributed by atoms with Gasteiger partial charge in [0.1, 0.15) is 5.82 Å². The summed E-state index contributed by atoms with van der Waals surface area (Å²) in [5.74, 6) is 5.12. The molecule has 1 aromatic rings. The summed E-state index contributed by atoms with van der Waals surface area (Å²) in [6.45, 7) is 3.17. The summed E-state index contributed by atoms with van der Waals surface area (Å²) in [5, 5.41) is 0. The van der Waals surface area contributed by atoms with Crippen molar-refractivity contribution in [1.29, 1.82) is 0 Å². The molecule has 1 atom stereocenters. The van der Waals surface area contributed by atoms with Crippen LogP contribution in [0.1, 0.15) is 24.9 Å². The van der Waals surface area contributed by atoms with E-state index in [4.69, 9.17) is 10.6 Å². The van der Waals surface area contributed by atoms with Crippen molar-refractivity contribution in [3.8, 4) is 0 Å². The van der Waals surface area contributed by atoms with Gasteiger partial charge in [-0.3, -0.25) is 11.3 Å². The molecule has 0 radical (unpaired) electrons. The molecule has 0 saturated carbocycles. The second-order valence-electron chi connectivity index (χ2n) is 3.35. The van der Waals surface area contributed by atoms with Crippen LogP contribution in [0, 0.1) is 5.82 Å². The van der Waals surface area contributed by atoms with E-state index in [0.29, 0.717) is 13.2 Å². The smallest absolute Gasteiger partial charge is 0.123 e. The maximum Gasteiger partial charge on any atom is 0.123 e. The Hall–Kier alpha value is -0.970. The van der Waals surface area contributed by atoms with E-state index in [-0.39, 0.29) is 11.9 Å². The van der Waals surface area contributed by atoms with Crippen molar-refractivity contribution in [2.24, 2.45) is 5.84 Å². The third-order valence-electron chi connectivity index (χ3n) is 2.09. The first-order valence-corrected chi connectivity index (χ1v) is 5.07. The number of halogens is 1. The van der Waals surface area contributed by atoms with E-state index >= 15 is 0 Å². The van der Waals surface area contributed by atoms with Gasteiger partial charge in [-0.1, -0.05) is 19.1 Å². The fourth-order valence-corrected chi connectivity index (χ4v) is 1.31. The molecule has 0 heterocycles. The van der Waals surface area contributed by atoms with Crippen LogP contribution in [0.15, 0.2) is 24.3 Å². The summed E-state index contributed by atoms with van der Waals surface area (Å²) in [6.07, 6.45) is 0.959. The number of ether oxygens (including phenoxy) is 1. The largest absolute Gasteiger partial charge is 0.379 e. The fourth-order valence-electron chi connectivity index (χ4n) is 1.31. The first-order chi connectivity index (χ1) is 7.27.